The molecule has 0 amide bonds. The molecule has 2 heteroatoms. The molecular formula is C11H15ClO. The maximum atomic E-state index is 5.82. The summed E-state index contributed by atoms with van der Waals surface area (Å²) in [4.78, 5) is 0. The number of hydrogen-bond donors (Lipinski definition) is 0. The Kier molecular flexibility index (Phi) is 4.10. The number of unbranched alkanes of at least 4 members (excludes halogenated alkanes) is 1. The van der Waals surface area contributed by atoms with E-state index in [-0.39, 0.29) is 0 Å². The normalized spacial score (nSPS) is 10.1. The van der Waals surface area contributed by atoms with E-state index in [2.05, 4.69) is 6.92 Å². The quantitative estimate of drug-likeness (QED) is 0.669. The number of rotatable bonds is 4. The van der Waals surface area contributed by atoms with Crippen LogP contribution in [0.25, 0.3) is 0 Å². The maximum absolute atomic E-state index is 5.82. The molecule has 0 bridgehead atoms. The largest absolute Gasteiger partial charge is 0.493 e. The highest BCUT2D eigenvalue weighted by atomic mass is 35.5. The summed E-state index contributed by atoms with van der Waals surface area (Å²) >= 11 is 5.82. The van der Waals surface area contributed by atoms with Gasteiger partial charge in [0.25, 0.3) is 0 Å². The van der Waals surface area contributed by atoms with Crippen molar-refractivity contribution in [2.24, 2.45) is 0 Å². The van der Waals surface area contributed by atoms with E-state index in [1.165, 1.54) is 0 Å². The highest BCUT2D eigenvalue weighted by Crippen LogP contribution is 2.21. The second kappa shape index (κ2) is 5.13. The van der Waals surface area contributed by atoms with Crippen LogP contribution >= 0.6 is 11.6 Å². The zero-order chi connectivity index (χ0) is 9.68. The smallest absolute Gasteiger partial charge is 0.122 e. The molecule has 0 atom stereocenters. The van der Waals surface area contributed by atoms with Crippen molar-refractivity contribution in [1.82, 2.24) is 0 Å². The summed E-state index contributed by atoms with van der Waals surface area (Å²) in [5, 5.41) is 0.764. The second-order valence-electron chi connectivity index (χ2n) is 3.11. The minimum atomic E-state index is 0.764. The lowest BCUT2D eigenvalue weighted by atomic mass is 10.2. The second-order valence-corrected chi connectivity index (χ2v) is 3.55. The molecule has 0 aliphatic rings. The molecule has 0 saturated heterocycles. The van der Waals surface area contributed by atoms with Gasteiger partial charge in [0.1, 0.15) is 5.75 Å². The van der Waals surface area contributed by atoms with Crippen molar-refractivity contribution in [1.29, 1.82) is 0 Å². The Hall–Kier alpha value is -0.690. The highest BCUT2D eigenvalue weighted by molar-refractivity contribution is 6.30. The number of benzene rings is 1. The molecule has 0 spiro atoms. The topological polar surface area (TPSA) is 9.23 Å². The number of hydrogen-bond acceptors (Lipinski definition) is 1. The van der Waals surface area contributed by atoms with Gasteiger partial charge in [-0.25, -0.2) is 0 Å². The zero-order valence-electron chi connectivity index (χ0n) is 8.14. The first-order valence-electron chi connectivity index (χ1n) is 4.63. The van der Waals surface area contributed by atoms with Gasteiger partial charge in [0, 0.05) is 5.02 Å². The van der Waals surface area contributed by atoms with Crippen LogP contribution in [0.3, 0.4) is 0 Å². The third kappa shape index (κ3) is 3.27. The zero-order valence-corrected chi connectivity index (χ0v) is 8.90. The van der Waals surface area contributed by atoms with E-state index >= 15 is 0 Å². The third-order valence-electron chi connectivity index (χ3n) is 1.89. The Bertz CT molecular complexity index is 271. The van der Waals surface area contributed by atoms with Gasteiger partial charge in [0.05, 0.1) is 6.61 Å². The molecule has 0 N–H and O–H groups in total. The fourth-order valence-electron chi connectivity index (χ4n) is 1.10. The Morgan fingerprint density at radius 1 is 1.38 bits per heavy atom. The predicted octanol–water partition coefficient (Wildman–Crippen LogP) is 3.83. The Balaban J connectivity index is 2.56. The first-order valence-corrected chi connectivity index (χ1v) is 5.00. The molecule has 1 rings (SSSR count). The van der Waals surface area contributed by atoms with Gasteiger partial charge in [-0.05, 0) is 37.1 Å². The number of ether oxygens (including phenoxy) is 1. The molecule has 0 saturated carbocycles. The van der Waals surface area contributed by atoms with Crippen molar-refractivity contribution in [2.45, 2.75) is 26.7 Å². The lowest BCUT2D eigenvalue weighted by molar-refractivity contribution is 0.307. The summed E-state index contributed by atoms with van der Waals surface area (Å²) in [5.74, 6) is 0.942. The molecule has 72 valence electrons. The molecule has 0 unspecified atom stereocenters. The van der Waals surface area contributed by atoms with Gasteiger partial charge >= 0.3 is 0 Å². The number of aryl methyl sites for hydroxylation is 1. The standard InChI is InChI=1S/C11H15ClO/c1-3-4-7-13-11-6-5-10(12)8-9(11)2/h5-6,8H,3-4,7H2,1-2H3. The van der Waals surface area contributed by atoms with Crippen LogP contribution in [0.1, 0.15) is 25.3 Å². The molecule has 0 aliphatic heterocycles. The molecule has 0 heterocycles. The van der Waals surface area contributed by atoms with E-state index in [9.17, 15) is 0 Å². The van der Waals surface area contributed by atoms with E-state index < -0.39 is 0 Å². The van der Waals surface area contributed by atoms with Crippen molar-refractivity contribution < 1.29 is 4.74 Å². The molecule has 0 aromatic heterocycles. The minimum Gasteiger partial charge on any atom is -0.493 e. The SMILES string of the molecule is CCCCOc1ccc(Cl)cc1C. The van der Waals surface area contributed by atoms with Gasteiger partial charge < -0.3 is 4.74 Å². The van der Waals surface area contributed by atoms with Crippen LogP contribution in [-0.4, -0.2) is 6.61 Å². The van der Waals surface area contributed by atoms with Crippen LogP contribution in [0.2, 0.25) is 5.02 Å². The third-order valence-corrected chi connectivity index (χ3v) is 2.13. The van der Waals surface area contributed by atoms with Crippen molar-refractivity contribution in [3.8, 4) is 5.75 Å². The van der Waals surface area contributed by atoms with Gasteiger partial charge in [-0.1, -0.05) is 24.9 Å². The van der Waals surface area contributed by atoms with E-state index in [1.807, 2.05) is 25.1 Å². The summed E-state index contributed by atoms with van der Waals surface area (Å²) in [7, 11) is 0. The Morgan fingerprint density at radius 3 is 2.77 bits per heavy atom. The van der Waals surface area contributed by atoms with Crippen molar-refractivity contribution >= 4 is 11.6 Å². The molecule has 1 aromatic rings. The van der Waals surface area contributed by atoms with E-state index in [4.69, 9.17) is 16.3 Å². The first kappa shape index (κ1) is 10.4. The van der Waals surface area contributed by atoms with Crippen molar-refractivity contribution in [2.75, 3.05) is 6.61 Å². The molecular weight excluding hydrogens is 184 g/mol. The van der Waals surface area contributed by atoms with Gasteiger partial charge in [0.15, 0.2) is 0 Å². The van der Waals surface area contributed by atoms with E-state index in [1.54, 1.807) is 0 Å². The van der Waals surface area contributed by atoms with Crippen molar-refractivity contribution in [3.63, 3.8) is 0 Å². The molecule has 1 aromatic carbocycles. The summed E-state index contributed by atoms with van der Waals surface area (Å²) in [6, 6.07) is 5.70. The lowest BCUT2D eigenvalue weighted by Crippen LogP contribution is -1.97. The predicted molar refractivity (Wildman–Crippen MR) is 56.6 cm³/mol. The molecule has 0 fully saturated rings. The fraction of sp³-hybridized carbons (Fsp3) is 0.455. The van der Waals surface area contributed by atoms with Gasteiger partial charge in [-0.3, -0.25) is 0 Å². The van der Waals surface area contributed by atoms with Crippen LogP contribution in [-0.2, 0) is 0 Å². The lowest BCUT2D eigenvalue weighted by Gasteiger charge is -2.08. The van der Waals surface area contributed by atoms with Gasteiger partial charge in [-0.15, -0.1) is 0 Å². The Morgan fingerprint density at radius 2 is 2.15 bits per heavy atom. The van der Waals surface area contributed by atoms with Crippen LogP contribution in [0, 0.1) is 6.92 Å². The summed E-state index contributed by atoms with van der Waals surface area (Å²) < 4.78 is 5.57. The first-order chi connectivity index (χ1) is 6.24. The van der Waals surface area contributed by atoms with E-state index in [0.717, 1.165) is 35.8 Å². The average molecular weight is 199 g/mol. The summed E-state index contributed by atoms with van der Waals surface area (Å²) in [6.45, 7) is 4.95. The fourth-order valence-corrected chi connectivity index (χ4v) is 1.33. The van der Waals surface area contributed by atoms with Crippen LogP contribution in [0.4, 0.5) is 0 Å². The average Bonchev–Trinajstić information content (AvgIpc) is 2.09. The molecule has 13 heavy (non-hydrogen) atoms. The van der Waals surface area contributed by atoms with Gasteiger partial charge in [-0.2, -0.15) is 0 Å². The highest BCUT2D eigenvalue weighted by Gasteiger charge is 1.98. The minimum absolute atomic E-state index is 0.764. The Labute approximate surface area is 84.7 Å². The molecule has 1 nitrogen and oxygen atoms in total. The molecule has 0 aliphatic carbocycles. The molecule has 0 radical (unpaired) electrons. The van der Waals surface area contributed by atoms with Crippen LogP contribution < -0.4 is 4.74 Å². The van der Waals surface area contributed by atoms with Crippen LogP contribution in [0.15, 0.2) is 18.2 Å². The number of halogens is 1. The monoisotopic (exact) mass is 198 g/mol. The van der Waals surface area contributed by atoms with Gasteiger partial charge in [0.2, 0.25) is 0 Å². The summed E-state index contributed by atoms with van der Waals surface area (Å²) in [6.07, 6.45) is 2.26. The summed E-state index contributed by atoms with van der Waals surface area (Å²) in [5.41, 5.74) is 1.10. The maximum Gasteiger partial charge on any atom is 0.122 e. The van der Waals surface area contributed by atoms with Crippen molar-refractivity contribution in [3.05, 3.63) is 28.8 Å². The van der Waals surface area contributed by atoms with E-state index in [0.29, 0.717) is 0 Å². The van der Waals surface area contributed by atoms with Crippen LogP contribution in [0.5, 0.6) is 5.75 Å².